The van der Waals surface area contributed by atoms with Crippen molar-refractivity contribution in [1.29, 1.82) is 0 Å². The van der Waals surface area contributed by atoms with Crippen LogP contribution in [0.4, 0.5) is 0 Å². The number of piperidine rings is 2. The Kier molecular flexibility index (Phi) is 1.62. The molecule has 1 aromatic carbocycles. The van der Waals surface area contributed by atoms with Crippen molar-refractivity contribution in [1.82, 2.24) is 5.32 Å². The van der Waals surface area contributed by atoms with Crippen LogP contribution in [-0.2, 0) is 5.41 Å². The minimum atomic E-state index is 0.244. The maximum Gasteiger partial charge on any atom is 0.119 e. The van der Waals surface area contributed by atoms with Gasteiger partial charge in [-0.3, -0.25) is 0 Å². The molecular formula is C12H15NO. The monoisotopic (exact) mass is 189 g/mol. The second kappa shape index (κ2) is 2.74. The lowest BCUT2D eigenvalue weighted by Crippen LogP contribution is -2.57. The number of hydrogen-bond donors (Lipinski definition) is 2. The van der Waals surface area contributed by atoms with Crippen LogP contribution in [0.5, 0.6) is 5.75 Å². The molecule has 2 saturated heterocycles. The fourth-order valence-electron chi connectivity index (χ4n) is 3.09. The van der Waals surface area contributed by atoms with Crippen molar-refractivity contribution < 1.29 is 5.11 Å². The van der Waals surface area contributed by atoms with E-state index in [9.17, 15) is 5.11 Å². The van der Waals surface area contributed by atoms with E-state index in [0.717, 1.165) is 24.6 Å². The summed E-state index contributed by atoms with van der Waals surface area (Å²) in [6.07, 6.45) is 2.50. The third-order valence-electron chi connectivity index (χ3n) is 3.73. The first-order valence-corrected chi connectivity index (χ1v) is 5.29. The van der Waals surface area contributed by atoms with Gasteiger partial charge in [0.1, 0.15) is 5.75 Å². The molecule has 0 radical (unpaired) electrons. The molecule has 0 amide bonds. The van der Waals surface area contributed by atoms with Crippen LogP contribution in [0.3, 0.4) is 0 Å². The third kappa shape index (κ3) is 1.01. The van der Waals surface area contributed by atoms with Gasteiger partial charge in [-0.2, -0.15) is 0 Å². The molecule has 2 heteroatoms. The van der Waals surface area contributed by atoms with Crippen LogP contribution in [-0.4, -0.2) is 18.2 Å². The van der Waals surface area contributed by atoms with Crippen LogP contribution in [0.2, 0.25) is 0 Å². The van der Waals surface area contributed by atoms with Gasteiger partial charge in [0.15, 0.2) is 0 Å². The summed E-state index contributed by atoms with van der Waals surface area (Å²) in [6, 6.07) is 7.78. The molecule has 2 heterocycles. The van der Waals surface area contributed by atoms with Crippen molar-refractivity contribution in [2.24, 2.45) is 5.92 Å². The number of fused-ring (bicyclic) bond motifs is 2. The second-order valence-corrected chi connectivity index (χ2v) is 4.70. The number of para-hydroxylation sites is 1. The van der Waals surface area contributed by atoms with Gasteiger partial charge in [0.05, 0.1) is 0 Å². The molecule has 3 aliphatic rings. The Balaban J connectivity index is 1.99. The summed E-state index contributed by atoms with van der Waals surface area (Å²) in [5, 5.41) is 13.3. The SMILES string of the molecule is Oc1ccccc1C12CNCC(C1)C2. The highest BCUT2D eigenvalue weighted by atomic mass is 16.3. The average Bonchev–Trinajstić information content (AvgIpc) is 2.18. The van der Waals surface area contributed by atoms with Gasteiger partial charge in [-0.15, -0.1) is 0 Å². The number of phenols is 1. The number of nitrogens with one attached hydrogen (secondary N) is 1. The zero-order valence-corrected chi connectivity index (χ0v) is 8.16. The van der Waals surface area contributed by atoms with Crippen molar-refractivity contribution in [3.63, 3.8) is 0 Å². The molecule has 1 saturated carbocycles. The Hall–Kier alpha value is -1.02. The summed E-state index contributed by atoms with van der Waals surface area (Å²) < 4.78 is 0. The molecule has 1 aromatic rings. The van der Waals surface area contributed by atoms with E-state index in [2.05, 4.69) is 11.4 Å². The molecule has 1 aliphatic carbocycles. The maximum atomic E-state index is 9.82. The van der Waals surface area contributed by atoms with Gasteiger partial charge in [0.25, 0.3) is 0 Å². The van der Waals surface area contributed by atoms with E-state index >= 15 is 0 Å². The van der Waals surface area contributed by atoms with Crippen molar-refractivity contribution in [2.75, 3.05) is 13.1 Å². The summed E-state index contributed by atoms with van der Waals surface area (Å²) in [5.41, 5.74) is 1.39. The van der Waals surface area contributed by atoms with Gasteiger partial charge in [-0.1, -0.05) is 18.2 Å². The van der Waals surface area contributed by atoms with Gasteiger partial charge in [0, 0.05) is 17.5 Å². The highest BCUT2D eigenvalue weighted by molar-refractivity contribution is 5.41. The molecule has 14 heavy (non-hydrogen) atoms. The van der Waals surface area contributed by atoms with E-state index < -0.39 is 0 Å². The standard InChI is InChI=1S/C12H15NO/c14-11-4-2-1-3-10(11)12-5-9(6-12)7-13-8-12/h1-4,9,13-14H,5-8H2. The molecule has 0 atom stereocenters. The largest absolute Gasteiger partial charge is 0.508 e. The van der Waals surface area contributed by atoms with Gasteiger partial charge in [-0.05, 0) is 31.4 Å². The van der Waals surface area contributed by atoms with E-state index in [4.69, 9.17) is 0 Å². The topological polar surface area (TPSA) is 32.3 Å². The van der Waals surface area contributed by atoms with E-state index in [-0.39, 0.29) is 5.41 Å². The Bertz CT molecular complexity index is 350. The van der Waals surface area contributed by atoms with E-state index in [1.54, 1.807) is 6.07 Å². The first-order chi connectivity index (χ1) is 6.80. The van der Waals surface area contributed by atoms with Crippen LogP contribution >= 0.6 is 0 Å². The number of rotatable bonds is 1. The Morgan fingerprint density at radius 3 is 2.71 bits per heavy atom. The molecule has 0 aromatic heterocycles. The highest BCUT2D eigenvalue weighted by Gasteiger charge is 2.49. The minimum absolute atomic E-state index is 0.244. The van der Waals surface area contributed by atoms with Crippen LogP contribution in [0, 0.1) is 5.92 Å². The fourth-order valence-corrected chi connectivity index (χ4v) is 3.09. The van der Waals surface area contributed by atoms with Crippen molar-refractivity contribution in [2.45, 2.75) is 18.3 Å². The summed E-state index contributed by atoms with van der Waals surface area (Å²) >= 11 is 0. The van der Waals surface area contributed by atoms with E-state index in [1.165, 1.54) is 12.8 Å². The molecule has 2 nitrogen and oxygen atoms in total. The van der Waals surface area contributed by atoms with Gasteiger partial charge >= 0.3 is 0 Å². The molecule has 3 fully saturated rings. The van der Waals surface area contributed by atoms with Crippen LogP contribution < -0.4 is 5.32 Å². The summed E-state index contributed by atoms with van der Waals surface area (Å²) in [6.45, 7) is 2.19. The van der Waals surface area contributed by atoms with Crippen LogP contribution in [0.15, 0.2) is 24.3 Å². The lowest BCUT2D eigenvalue weighted by Gasteiger charge is -2.53. The van der Waals surface area contributed by atoms with Crippen molar-refractivity contribution >= 4 is 0 Å². The van der Waals surface area contributed by atoms with Crippen molar-refractivity contribution in [3.8, 4) is 5.75 Å². The van der Waals surface area contributed by atoms with Gasteiger partial charge in [-0.25, -0.2) is 0 Å². The molecule has 0 unspecified atom stereocenters. The van der Waals surface area contributed by atoms with Crippen LogP contribution in [0.25, 0.3) is 0 Å². The molecule has 74 valence electrons. The number of phenolic OH excluding ortho intramolecular Hbond substituents is 1. The Morgan fingerprint density at radius 2 is 2.07 bits per heavy atom. The Labute approximate surface area is 84.0 Å². The van der Waals surface area contributed by atoms with Gasteiger partial charge < -0.3 is 10.4 Å². The minimum Gasteiger partial charge on any atom is -0.508 e. The van der Waals surface area contributed by atoms with Crippen molar-refractivity contribution in [3.05, 3.63) is 29.8 Å². The number of benzene rings is 1. The zero-order chi connectivity index (χ0) is 9.60. The number of aromatic hydroxyl groups is 1. The molecule has 4 rings (SSSR count). The summed E-state index contributed by atoms with van der Waals surface area (Å²) in [7, 11) is 0. The third-order valence-corrected chi connectivity index (χ3v) is 3.73. The van der Waals surface area contributed by atoms with Crippen LogP contribution in [0.1, 0.15) is 18.4 Å². The van der Waals surface area contributed by atoms with E-state index in [1.807, 2.05) is 12.1 Å². The molecule has 2 aliphatic heterocycles. The summed E-state index contributed by atoms with van der Waals surface area (Å²) in [4.78, 5) is 0. The highest BCUT2D eigenvalue weighted by Crippen LogP contribution is 2.51. The second-order valence-electron chi connectivity index (χ2n) is 4.70. The molecule has 2 bridgehead atoms. The fraction of sp³-hybridized carbons (Fsp3) is 0.500. The zero-order valence-electron chi connectivity index (χ0n) is 8.16. The predicted molar refractivity (Wildman–Crippen MR) is 55.4 cm³/mol. The first-order valence-electron chi connectivity index (χ1n) is 5.29. The maximum absolute atomic E-state index is 9.82. The quantitative estimate of drug-likeness (QED) is 0.704. The van der Waals surface area contributed by atoms with E-state index in [0.29, 0.717) is 5.75 Å². The molecule has 0 spiro atoms. The molecular weight excluding hydrogens is 174 g/mol. The van der Waals surface area contributed by atoms with Gasteiger partial charge in [0.2, 0.25) is 0 Å². The average molecular weight is 189 g/mol. The molecule has 2 N–H and O–H groups in total. The lowest BCUT2D eigenvalue weighted by atomic mass is 9.56. The first kappa shape index (κ1) is 8.30. The normalized spacial score (nSPS) is 35.0. The lowest BCUT2D eigenvalue weighted by molar-refractivity contribution is 0.0877. The smallest absolute Gasteiger partial charge is 0.119 e. The predicted octanol–water partition coefficient (Wildman–Crippen LogP) is 1.64. The Morgan fingerprint density at radius 1 is 1.29 bits per heavy atom. The summed E-state index contributed by atoms with van der Waals surface area (Å²) in [5.74, 6) is 1.30. The number of hydrogen-bond acceptors (Lipinski definition) is 2.